The fourth-order valence-corrected chi connectivity index (χ4v) is 6.44. The van der Waals surface area contributed by atoms with Gasteiger partial charge in [-0.1, -0.05) is 32.0 Å². The number of rotatable bonds is 3. The summed E-state index contributed by atoms with van der Waals surface area (Å²) in [6.45, 7) is 4.46. The molecule has 1 aromatic heterocycles. The van der Waals surface area contributed by atoms with Crippen molar-refractivity contribution in [3.8, 4) is 0 Å². The van der Waals surface area contributed by atoms with Gasteiger partial charge in [0, 0.05) is 27.6 Å². The first-order chi connectivity index (χ1) is 13.2. The molecule has 146 valence electrons. The molecule has 0 unspecified atom stereocenters. The van der Waals surface area contributed by atoms with Crippen LogP contribution in [0.15, 0.2) is 58.2 Å². The molecule has 0 radical (unpaired) electrons. The zero-order chi connectivity index (χ0) is 20.1. The van der Waals surface area contributed by atoms with Gasteiger partial charge in [-0.3, -0.25) is 9.10 Å². The number of sulfonamides is 1. The first kappa shape index (κ1) is 19.2. The lowest BCUT2D eigenvalue weighted by Crippen LogP contribution is -2.27. The second-order valence-corrected chi connectivity index (χ2v) is 11.2. The summed E-state index contributed by atoms with van der Waals surface area (Å²) >= 11 is 1.62. The lowest BCUT2D eigenvalue weighted by Gasteiger charge is -2.30. The Bertz CT molecular complexity index is 1210. The number of benzene rings is 2. The third kappa shape index (κ3) is 3.25. The van der Waals surface area contributed by atoms with Gasteiger partial charge in [0.25, 0.3) is 10.0 Å². The van der Waals surface area contributed by atoms with E-state index in [9.17, 15) is 13.2 Å². The molecule has 0 atom stereocenters. The SMILES string of the molecule is CN(c1ccc2c(=O)c3c(sc2c1)CC(C)(C)CC3)S(=O)(=O)c1ccccc1. The Labute approximate surface area is 169 Å². The minimum absolute atomic E-state index is 0.0966. The van der Waals surface area contributed by atoms with E-state index in [1.807, 2.05) is 6.07 Å². The molecule has 3 aromatic rings. The topological polar surface area (TPSA) is 54.5 Å². The maximum absolute atomic E-state index is 13.0. The van der Waals surface area contributed by atoms with Crippen LogP contribution >= 0.6 is 11.3 Å². The van der Waals surface area contributed by atoms with Crippen molar-refractivity contribution in [2.45, 2.75) is 38.0 Å². The Morgan fingerprint density at radius 2 is 1.79 bits per heavy atom. The molecule has 1 aliphatic carbocycles. The second kappa shape index (κ2) is 6.71. The lowest BCUT2D eigenvalue weighted by molar-refractivity contribution is 0.318. The third-order valence-electron chi connectivity index (χ3n) is 5.51. The van der Waals surface area contributed by atoms with Crippen LogP contribution in [0.4, 0.5) is 5.69 Å². The van der Waals surface area contributed by atoms with Crippen molar-refractivity contribution in [2.24, 2.45) is 5.41 Å². The summed E-state index contributed by atoms with van der Waals surface area (Å²) in [5.41, 5.74) is 1.78. The van der Waals surface area contributed by atoms with E-state index in [-0.39, 0.29) is 15.7 Å². The van der Waals surface area contributed by atoms with Crippen molar-refractivity contribution in [3.05, 3.63) is 69.2 Å². The van der Waals surface area contributed by atoms with Crippen LogP contribution in [-0.2, 0) is 22.9 Å². The maximum atomic E-state index is 13.0. The van der Waals surface area contributed by atoms with E-state index in [1.54, 1.807) is 60.8 Å². The normalized spacial score (nSPS) is 16.0. The van der Waals surface area contributed by atoms with Crippen molar-refractivity contribution in [2.75, 3.05) is 11.4 Å². The molecule has 0 fully saturated rings. The number of anilines is 1. The number of hydrogen-bond donors (Lipinski definition) is 0. The van der Waals surface area contributed by atoms with Crippen molar-refractivity contribution in [1.29, 1.82) is 0 Å². The summed E-state index contributed by atoms with van der Waals surface area (Å²) in [5.74, 6) is 0. The van der Waals surface area contributed by atoms with Crippen molar-refractivity contribution in [3.63, 3.8) is 0 Å². The minimum Gasteiger partial charge on any atom is -0.289 e. The van der Waals surface area contributed by atoms with Gasteiger partial charge in [-0.25, -0.2) is 8.42 Å². The van der Waals surface area contributed by atoms with Gasteiger partial charge >= 0.3 is 0 Å². The lowest BCUT2D eigenvalue weighted by atomic mass is 9.77. The van der Waals surface area contributed by atoms with Gasteiger partial charge in [-0.15, -0.1) is 11.3 Å². The third-order valence-corrected chi connectivity index (χ3v) is 8.50. The molecule has 28 heavy (non-hydrogen) atoms. The van der Waals surface area contributed by atoms with Crippen LogP contribution in [0.25, 0.3) is 10.1 Å². The van der Waals surface area contributed by atoms with E-state index in [0.717, 1.165) is 34.4 Å². The van der Waals surface area contributed by atoms with Gasteiger partial charge in [-0.05, 0) is 55.0 Å². The molecule has 6 heteroatoms. The van der Waals surface area contributed by atoms with Gasteiger partial charge in [-0.2, -0.15) is 0 Å². The van der Waals surface area contributed by atoms with Gasteiger partial charge in [0.2, 0.25) is 0 Å². The first-order valence-corrected chi connectivity index (χ1v) is 11.6. The van der Waals surface area contributed by atoms with Crippen LogP contribution in [0.3, 0.4) is 0 Å². The van der Waals surface area contributed by atoms with Crippen LogP contribution in [0.5, 0.6) is 0 Å². The Balaban J connectivity index is 1.81. The highest BCUT2D eigenvalue weighted by molar-refractivity contribution is 7.92. The Hall–Kier alpha value is -2.18. The summed E-state index contributed by atoms with van der Waals surface area (Å²) in [4.78, 5) is 14.3. The number of hydrogen-bond acceptors (Lipinski definition) is 4. The highest BCUT2D eigenvalue weighted by atomic mass is 32.2. The summed E-state index contributed by atoms with van der Waals surface area (Å²) in [6.07, 6.45) is 2.72. The molecular formula is C22H23NO3S2. The molecule has 0 saturated heterocycles. The van der Waals surface area contributed by atoms with Crippen LogP contribution in [0, 0.1) is 5.41 Å². The molecule has 0 saturated carbocycles. The predicted octanol–water partition coefficient (Wildman–Crippen LogP) is 4.60. The molecule has 4 rings (SSSR count). The minimum atomic E-state index is -3.65. The second-order valence-electron chi connectivity index (χ2n) is 8.14. The molecule has 1 aliphatic rings. The molecular weight excluding hydrogens is 390 g/mol. The molecule has 0 aliphatic heterocycles. The quantitative estimate of drug-likeness (QED) is 0.630. The fraction of sp³-hybridized carbons (Fsp3) is 0.318. The van der Waals surface area contributed by atoms with Gasteiger partial charge in [0.15, 0.2) is 5.43 Å². The molecule has 0 spiro atoms. The average Bonchev–Trinajstić information content (AvgIpc) is 2.67. The van der Waals surface area contributed by atoms with Gasteiger partial charge in [0.1, 0.15) is 0 Å². The van der Waals surface area contributed by atoms with Gasteiger partial charge < -0.3 is 0 Å². The summed E-state index contributed by atoms with van der Waals surface area (Å²) in [5, 5.41) is 0.678. The van der Waals surface area contributed by atoms with E-state index in [2.05, 4.69) is 13.8 Å². The standard InChI is InChI=1S/C22H23NO3S2/c1-22(2)12-11-18-20(14-22)27-19-13-15(9-10-17(19)21(18)24)23(3)28(25,26)16-7-5-4-6-8-16/h4-10,13H,11-12,14H2,1-3H3. The first-order valence-electron chi connectivity index (χ1n) is 9.32. The zero-order valence-corrected chi connectivity index (χ0v) is 17.9. The molecule has 0 bridgehead atoms. The maximum Gasteiger partial charge on any atom is 0.264 e. The van der Waals surface area contributed by atoms with E-state index in [4.69, 9.17) is 0 Å². The van der Waals surface area contributed by atoms with E-state index in [1.165, 1.54) is 4.31 Å². The van der Waals surface area contributed by atoms with Crippen molar-refractivity contribution >= 4 is 37.1 Å². The van der Waals surface area contributed by atoms with Crippen LogP contribution in [0.2, 0.25) is 0 Å². The van der Waals surface area contributed by atoms with Crippen molar-refractivity contribution < 1.29 is 8.42 Å². The zero-order valence-electron chi connectivity index (χ0n) is 16.2. The van der Waals surface area contributed by atoms with Crippen LogP contribution in [-0.4, -0.2) is 15.5 Å². The molecule has 1 heterocycles. The van der Waals surface area contributed by atoms with E-state index >= 15 is 0 Å². The average molecular weight is 414 g/mol. The van der Waals surface area contributed by atoms with E-state index in [0.29, 0.717) is 11.1 Å². The highest BCUT2D eigenvalue weighted by Crippen LogP contribution is 2.38. The molecule has 2 aromatic carbocycles. The van der Waals surface area contributed by atoms with E-state index < -0.39 is 10.0 Å². The summed E-state index contributed by atoms with van der Waals surface area (Å²) < 4.78 is 28.0. The number of fused-ring (bicyclic) bond motifs is 2. The van der Waals surface area contributed by atoms with Crippen LogP contribution in [0.1, 0.15) is 30.7 Å². The smallest absolute Gasteiger partial charge is 0.264 e. The highest BCUT2D eigenvalue weighted by Gasteiger charge is 2.28. The number of nitrogens with zero attached hydrogens (tertiary/aromatic N) is 1. The van der Waals surface area contributed by atoms with Gasteiger partial charge in [0.05, 0.1) is 10.6 Å². The van der Waals surface area contributed by atoms with Crippen molar-refractivity contribution in [1.82, 2.24) is 0 Å². The monoisotopic (exact) mass is 413 g/mol. The molecule has 4 nitrogen and oxygen atoms in total. The van der Waals surface area contributed by atoms with Crippen LogP contribution < -0.4 is 9.73 Å². The predicted molar refractivity (Wildman–Crippen MR) is 116 cm³/mol. The fourth-order valence-electron chi connectivity index (χ4n) is 3.73. The Kier molecular flexibility index (Phi) is 4.59. The molecule has 0 N–H and O–H groups in total. The molecule has 0 amide bonds. The largest absolute Gasteiger partial charge is 0.289 e. The summed E-state index contributed by atoms with van der Waals surface area (Å²) in [7, 11) is -2.10. The Morgan fingerprint density at radius 1 is 1.07 bits per heavy atom. The Morgan fingerprint density at radius 3 is 2.50 bits per heavy atom. The summed E-state index contributed by atoms with van der Waals surface area (Å²) in [6, 6.07) is 13.7.